The van der Waals surface area contributed by atoms with Crippen molar-refractivity contribution in [3.05, 3.63) is 61.7 Å². The van der Waals surface area contributed by atoms with E-state index in [4.69, 9.17) is 4.84 Å². The molecule has 0 fully saturated rings. The van der Waals surface area contributed by atoms with Gasteiger partial charge in [-0.05, 0) is 59.8 Å². The molecule has 7 nitrogen and oxygen atoms in total. The van der Waals surface area contributed by atoms with E-state index < -0.39 is 0 Å². The standard InChI is InChI=1S/C17H19N5O2S/c1-11-6-5-7-15(22-17(23)21(4)19-20-22)14(11)10-24-18-13(3)16-12(2)8-9-25-16/h5-9H,10H2,1-4H3. The highest BCUT2D eigenvalue weighted by molar-refractivity contribution is 7.12. The van der Waals surface area contributed by atoms with E-state index in [1.165, 1.54) is 14.9 Å². The van der Waals surface area contributed by atoms with Crippen molar-refractivity contribution >= 4 is 17.0 Å². The fourth-order valence-corrected chi connectivity index (χ4v) is 3.39. The van der Waals surface area contributed by atoms with Crippen LogP contribution < -0.4 is 5.69 Å². The molecule has 0 saturated heterocycles. The first-order chi connectivity index (χ1) is 12.0. The number of rotatable bonds is 5. The Bertz CT molecular complexity index is 983. The van der Waals surface area contributed by atoms with Gasteiger partial charge in [0.15, 0.2) is 0 Å². The predicted molar refractivity (Wildman–Crippen MR) is 97.4 cm³/mol. The first kappa shape index (κ1) is 17.1. The summed E-state index contributed by atoms with van der Waals surface area (Å²) in [5, 5.41) is 13.9. The number of aryl methyl sites for hydroxylation is 3. The smallest absolute Gasteiger partial charge is 0.368 e. The van der Waals surface area contributed by atoms with Crippen LogP contribution in [0.15, 0.2) is 39.6 Å². The maximum Gasteiger partial charge on any atom is 0.368 e. The Labute approximate surface area is 149 Å². The zero-order valence-corrected chi connectivity index (χ0v) is 15.4. The number of benzene rings is 1. The van der Waals surface area contributed by atoms with Gasteiger partial charge in [-0.15, -0.1) is 11.3 Å². The van der Waals surface area contributed by atoms with E-state index >= 15 is 0 Å². The van der Waals surface area contributed by atoms with Crippen LogP contribution in [0.5, 0.6) is 0 Å². The molecular weight excluding hydrogens is 338 g/mol. The normalized spacial score (nSPS) is 11.8. The second-order valence-electron chi connectivity index (χ2n) is 5.75. The van der Waals surface area contributed by atoms with Gasteiger partial charge < -0.3 is 4.84 Å². The lowest BCUT2D eigenvalue weighted by molar-refractivity contribution is 0.130. The summed E-state index contributed by atoms with van der Waals surface area (Å²) in [4.78, 5) is 18.8. The van der Waals surface area contributed by atoms with E-state index in [0.29, 0.717) is 5.69 Å². The van der Waals surface area contributed by atoms with Crippen LogP contribution in [0.4, 0.5) is 0 Å². The van der Waals surface area contributed by atoms with Crippen LogP contribution in [0.25, 0.3) is 5.69 Å². The molecule has 25 heavy (non-hydrogen) atoms. The lowest BCUT2D eigenvalue weighted by Crippen LogP contribution is -2.23. The molecule has 0 atom stereocenters. The van der Waals surface area contributed by atoms with Crippen LogP contribution in [0.2, 0.25) is 0 Å². The first-order valence-electron chi connectivity index (χ1n) is 7.78. The van der Waals surface area contributed by atoms with E-state index in [0.717, 1.165) is 21.7 Å². The SMILES string of the molecule is CC(=NOCc1c(C)cccc1-n1nnn(C)c1=O)c1sccc1C. The molecule has 0 N–H and O–H groups in total. The van der Waals surface area contributed by atoms with Crippen molar-refractivity contribution in [2.24, 2.45) is 12.2 Å². The van der Waals surface area contributed by atoms with Crippen LogP contribution in [0.3, 0.4) is 0 Å². The number of aromatic nitrogens is 4. The van der Waals surface area contributed by atoms with E-state index in [1.54, 1.807) is 18.4 Å². The van der Waals surface area contributed by atoms with Gasteiger partial charge in [0.25, 0.3) is 0 Å². The third-order valence-corrected chi connectivity index (χ3v) is 5.06. The number of nitrogens with zero attached hydrogens (tertiary/aromatic N) is 5. The van der Waals surface area contributed by atoms with Crippen molar-refractivity contribution in [1.29, 1.82) is 0 Å². The Morgan fingerprint density at radius 2 is 2.04 bits per heavy atom. The first-order valence-corrected chi connectivity index (χ1v) is 8.66. The van der Waals surface area contributed by atoms with Gasteiger partial charge in [0.1, 0.15) is 6.61 Å². The maximum absolute atomic E-state index is 12.1. The van der Waals surface area contributed by atoms with Gasteiger partial charge in [0.2, 0.25) is 0 Å². The van der Waals surface area contributed by atoms with Crippen molar-refractivity contribution in [3.63, 3.8) is 0 Å². The van der Waals surface area contributed by atoms with Crippen molar-refractivity contribution in [2.75, 3.05) is 0 Å². The number of oxime groups is 1. The van der Waals surface area contributed by atoms with Gasteiger partial charge in [-0.25, -0.2) is 4.79 Å². The molecule has 0 spiro atoms. The molecule has 0 amide bonds. The predicted octanol–water partition coefficient (Wildman–Crippen LogP) is 2.59. The fourth-order valence-electron chi connectivity index (χ4n) is 2.52. The summed E-state index contributed by atoms with van der Waals surface area (Å²) in [5.41, 5.74) is 4.20. The van der Waals surface area contributed by atoms with Crippen LogP contribution in [-0.4, -0.2) is 25.5 Å². The molecule has 0 aliphatic carbocycles. The van der Waals surface area contributed by atoms with E-state index in [2.05, 4.69) is 21.6 Å². The fraction of sp³-hybridized carbons (Fsp3) is 0.294. The largest absolute Gasteiger partial charge is 0.391 e. The average molecular weight is 357 g/mol. The topological polar surface area (TPSA) is 74.3 Å². The Kier molecular flexibility index (Phi) is 4.80. The zero-order chi connectivity index (χ0) is 18.0. The van der Waals surface area contributed by atoms with E-state index in [1.807, 2.05) is 44.4 Å². The van der Waals surface area contributed by atoms with Crippen molar-refractivity contribution in [2.45, 2.75) is 27.4 Å². The lowest BCUT2D eigenvalue weighted by atomic mass is 10.1. The quantitative estimate of drug-likeness (QED) is 0.520. The summed E-state index contributed by atoms with van der Waals surface area (Å²) >= 11 is 1.63. The summed E-state index contributed by atoms with van der Waals surface area (Å²) in [5.74, 6) is 0. The monoisotopic (exact) mass is 357 g/mol. The third-order valence-electron chi connectivity index (χ3n) is 3.94. The number of hydrogen-bond acceptors (Lipinski definition) is 6. The summed E-state index contributed by atoms with van der Waals surface area (Å²) in [7, 11) is 1.56. The van der Waals surface area contributed by atoms with Crippen LogP contribution in [0.1, 0.15) is 28.5 Å². The second-order valence-corrected chi connectivity index (χ2v) is 6.67. The Hall–Kier alpha value is -2.74. The van der Waals surface area contributed by atoms with Gasteiger partial charge in [-0.3, -0.25) is 0 Å². The average Bonchev–Trinajstić information content (AvgIpc) is 3.15. The zero-order valence-electron chi connectivity index (χ0n) is 14.6. The van der Waals surface area contributed by atoms with Crippen molar-refractivity contribution < 1.29 is 4.84 Å². The molecule has 0 saturated carbocycles. The summed E-state index contributed by atoms with van der Waals surface area (Å²) < 4.78 is 2.46. The molecule has 8 heteroatoms. The summed E-state index contributed by atoms with van der Waals surface area (Å²) in [6.07, 6.45) is 0. The third kappa shape index (κ3) is 3.39. The van der Waals surface area contributed by atoms with Gasteiger partial charge in [0.05, 0.1) is 16.3 Å². The highest BCUT2D eigenvalue weighted by Crippen LogP contribution is 2.19. The Balaban J connectivity index is 1.87. The maximum atomic E-state index is 12.1. The molecule has 0 aliphatic rings. The Morgan fingerprint density at radius 1 is 1.24 bits per heavy atom. The molecule has 3 aromatic rings. The summed E-state index contributed by atoms with van der Waals surface area (Å²) in [6, 6.07) is 7.71. The van der Waals surface area contributed by atoms with Crippen molar-refractivity contribution in [3.8, 4) is 5.69 Å². The highest BCUT2D eigenvalue weighted by atomic mass is 32.1. The molecule has 0 unspecified atom stereocenters. The van der Waals surface area contributed by atoms with E-state index in [-0.39, 0.29) is 12.3 Å². The second kappa shape index (κ2) is 7.02. The molecule has 130 valence electrons. The molecule has 0 bridgehead atoms. The molecular formula is C17H19N5O2S. The molecule has 2 heterocycles. The molecule has 1 aromatic carbocycles. The molecule has 0 aliphatic heterocycles. The van der Waals surface area contributed by atoms with Crippen LogP contribution in [-0.2, 0) is 18.5 Å². The van der Waals surface area contributed by atoms with Gasteiger partial charge in [-0.1, -0.05) is 17.3 Å². The van der Waals surface area contributed by atoms with Crippen LogP contribution in [0, 0.1) is 13.8 Å². The number of tetrazole rings is 1. The lowest BCUT2D eigenvalue weighted by Gasteiger charge is -2.10. The van der Waals surface area contributed by atoms with E-state index in [9.17, 15) is 4.79 Å². The Morgan fingerprint density at radius 3 is 2.68 bits per heavy atom. The summed E-state index contributed by atoms with van der Waals surface area (Å²) in [6.45, 7) is 6.17. The van der Waals surface area contributed by atoms with Gasteiger partial charge in [-0.2, -0.15) is 9.36 Å². The molecule has 0 radical (unpaired) electrons. The van der Waals surface area contributed by atoms with Crippen LogP contribution >= 0.6 is 11.3 Å². The van der Waals surface area contributed by atoms with Gasteiger partial charge >= 0.3 is 5.69 Å². The molecule has 2 aromatic heterocycles. The highest BCUT2D eigenvalue weighted by Gasteiger charge is 2.13. The number of hydrogen-bond donors (Lipinski definition) is 0. The minimum atomic E-state index is -0.305. The minimum absolute atomic E-state index is 0.243. The van der Waals surface area contributed by atoms with Gasteiger partial charge in [0, 0.05) is 12.6 Å². The molecule has 3 rings (SSSR count). The number of thiophene rings is 1. The minimum Gasteiger partial charge on any atom is -0.391 e. The van der Waals surface area contributed by atoms with Crippen molar-refractivity contribution in [1.82, 2.24) is 19.8 Å².